The molecular formula is C9H28N2O3. The lowest BCUT2D eigenvalue weighted by Gasteiger charge is -2.21. The number of rotatable bonds is 2. The van der Waals surface area contributed by atoms with Crippen LogP contribution in [0.2, 0.25) is 0 Å². The molecule has 0 aliphatic heterocycles. The van der Waals surface area contributed by atoms with E-state index in [-0.39, 0.29) is 17.6 Å². The summed E-state index contributed by atoms with van der Waals surface area (Å²) in [4.78, 5) is 0. The standard InChI is InChI=1S/C5H14NO.C4H12N.2H2O/c1-6(2,3)4-5-7;1-5(2,3)4;;/h7H,4-5H2,1-3H3;1-4H3;2*1H2/q2*+1;;/p-2. The Morgan fingerprint density at radius 2 is 1.00 bits per heavy atom. The SMILES string of the molecule is C[N+](C)(C)C.C[N+](C)(C)CCO.[OH-].[OH-]. The number of aliphatic hydroxyl groups is 1. The summed E-state index contributed by atoms with van der Waals surface area (Å²) in [5, 5.41) is 8.39. The third kappa shape index (κ3) is 95.3. The van der Waals surface area contributed by atoms with Crippen LogP contribution in [0, 0.1) is 0 Å². The molecule has 0 saturated carbocycles. The molecule has 0 amide bonds. The van der Waals surface area contributed by atoms with E-state index in [1.807, 2.05) is 0 Å². The highest BCUT2D eigenvalue weighted by Crippen LogP contribution is 1.84. The molecule has 0 atom stereocenters. The van der Waals surface area contributed by atoms with Crippen LogP contribution in [0.1, 0.15) is 0 Å². The smallest absolute Gasteiger partial charge is 0.101 e. The van der Waals surface area contributed by atoms with Crippen LogP contribution in [-0.4, -0.2) is 87.5 Å². The van der Waals surface area contributed by atoms with Crippen LogP contribution in [-0.2, 0) is 0 Å². The summed E-state index contributed by atoms with van der Waals surface area (Å²) >= 11 is 0. The number of hydrogen-bond acceptors (Lipinski definition) is 3. The van der Waals surface area contributed by atoms with Crippen molar-refractivity contribution >= 4 is 0 Å². The Balaban J connectivity index is -0.0000000651. The monoisotopic (exact) mass is 212 g/mol. The van der Waals surface area contributed by atoms with Crippen molar-refractivity contribution in [1.82, 2.24) is 0 Å². The minimum atomic E-state index is 0. The molecule has 14 heavy (non-hydrogen) atoms. The van der Waals surface area contributed by atoms with Gasteiger partial charge in [0.2, 0.25) is 0 Å². The van der Waals surface area contributed by atoms with Gasteiger partial charge in [-0.25, -0.2) is 0 Å². The van der Waals surface area contributed by atoms with Gasteiger partial charge < -0.3 is 25.0 Å². The normalized spacial score (nSPS) is 10.3. The number of aliphatic hydroxyl groups excluding tert-OH is 1. The number of likely N-dealkylation sites (N-methyl/N-ethyl adjacent to an activating group) is 1. The van der Waals surface area contributed by atoms with Gasteiger partial charge in [0, 0.05) is 0 Å². The van der Waals surface area contributed by atoms with Crippen molar-refractivity contribution in [3.8, 4) is 0 Å². The van der Waals surface area contributed by atoms with Crippen LogP contribution < -0.4 is 0 Å². The fourth-order valence-electron chi connectivity index (χ4n) is 0.300. The molecule has 0 aromatic carbocycles. The van der Waals surface area contributed by atoms with Crippen LogP contribution >= 0.6 is 0 Å². The molecule has 0 saturated heterocycles. The fraction of sp³-hybridized carbons (Fsp3) is 1.00. The molecule has 0 aromatic rings. The zero-order valence-corrected chi connectivity index (χ0v) is 10.7. The Labute approximate surface area is 88.4 Å². The lowest BCUT2D eigenvalue weighted by molar-refractivity contribution is -0.870. The average Bonchev–Trinajstić information content (AvgIpc) is 1.54. The zero-order chi connectivity index (χ0) is 10.4. The molecule has 0 radical (unpaired) electrons. The third-order valence-electron chi connectivity index (χ3n) is 0.771. The third-order valence-corrected chi connectivity index (χ3v) is 0.771. The first kappa shape index (κ1) is 23.5. The number of hydrogen-bond donors (Lipinski definition) is 1. The first-order valence-corrected chi connectivity index (χ1v) is 4.26. The van der Waals surface area contributed by atoms with Crippen molar-refractivity contribution in [2.24, 2.45) is 0 Å². The summed E-state index contributed by atoms with van der Waals surface area (Å²) in [6.07, 6.45) is 0. The Kier molecular flexibility index (Phi) is 15.7. The molecule has 92 valence electrons. The van der Waals surface area contributed by atoms with Crippen LogP contribution in [0.15, 0.2) is 0 Å². The van der Waals surface area contributed by atoms with Gasteiger partial charge in [0.15, 0.2) is 0 Å². The summed E-state index contributed by atoms with van der Waals surface area (Å²) in [5.41, 5.74) is 0. The highest BCUT2D eigenvalue weighted by molar-refractivity contribution is 4.19. The van der Waals surface area contributed by atoms with E-state index in [2.05, 4.69) is 49.3 Å². The van der Waals surface area contributed by atoms with Crippen molar-refractivity contribution in [3.05, 3.63) is 0 Å². The Bertz CT molecular complexity index is 99.6. The molecule has 0 aliphatic carbocycles. The van der Waals surface area contributed by atoms with E-state index in [4.69, 9.17) is 5.11 Å². The predicted molar refractivity (Wildman–Crippen MR) is 57.8 cm³/mol. The van der Waals surface area contributed by atoms with Gasteiger partial charge in [-0.3, -0.25) is 0 Å². The second-order valence-electron chi connectivity index (χ2n) is 5.42. The average molecular weight is 212 g/mol. The lowest BCUT2D eigenvalue weighted by Crippen LogP contribution is -2.36. The highest BCUT2D eigenvalue weighted by Gasteiger charge is 2.02. The molecule has 0 spiro atoms. The van der Waals surface area contributed by atoms with Gasteiger partial charge in [-0.05, 0) is 0 Å². The van der Waals surface area contributed by atoms with E-state index >= 15 is 0 Å². The van der Waals surface area contributed by atoms with E-state index in [1.54, 1.807) is 0 Å². The molecule has 0 heterocycles. The van der Waals surface area contributed by atoms with Gasteiger partial charge in [-0.15, -0.1) is 0 Å². The summed E-state index contributed by atoms with van der Waals surface area (Å²) in [5.74, 6) is 0. The first-order chi connectivity index (χ1) is 5.06. The maximum atomic E-state index is 8.39. The van der Waals surface area contributed by atoms with E-state index in [9.17, 15) is 0 Å². The first-order valence-electron chi connectivity index (χ1n) is 4.26. The molecule has 0 fully saturated rings. The summed E-state index contributed by atoms with van der Waals surface area (Å²) in [6.45, 7) is 1.11. The van der Waals surface area contributed by atoms with Gasteiger partial charge in [-0.2, -0.15) is 0 Å². The molecule has 0 aromatic heterocycles. The van der Waals surface area contributed by atoms with E-state index < -0.39 is 0 Å². The number of quaternary nitrogens is 2. The second kappa shape index (κ2) is 9.36. The lowest BCUT2D eigenvalue weighted by atomic mass is 10.5. The Hall–Kier alpha value is -0.200. The second-order valence-corrected chi connectivity index (χ2v) is 5.42. The van der Waals surface area contributed by atoms with E-state index in [0.717, 1.165) is 15.5 Å². The molecule has 0 bridgehead atoms. The molecule has 0 rings (SSSR count). The van der Waals surface area contributed by atoms with E-state index in [1.165, 1.54) is 0 Å². The van der Waals surface area contributed by atoms with Gasteiger partial charge in [0.25, 0.3) is 0 Å². The van der Waals surface area contributed by atoms with Crippen LogP contribution in [0.25, 0.3) is 0 Å². The number of nitrogens with zero attached hydrogens (tertiary/aromatic N) is 2. The summed E-state index contributed by atoms with van der Waals surface area (Å²) < 4.78 is 1.84. The summed E-state index contributed by atoms with van der Waals surface area (Å²) in [6, 6.07) is 0. The molecule has 5 nitrogen and oxygen atoms in total. The molecule has 0 unspecified atom stereocenters. The Morgan fingerprint density at radius 3 is 1.00 bits per heavy atom. The molecule has 0 aliphatic rings. The van der Waals surface area contributed by atoms with Crippen molar-refractivity contribution in [2.75, 3.05) is 62.5 Å². The molecule has 3 N–H and O–H groups in total. The maximum absolute atomic E-state index is 8.39. The van der Waals surface area contributed by atoms with Gasteiger partial charge in [0.1, 0.15) is 6.54 Å². The van der Waals surface area contributed by atoms with Crippen molar-refractivity contribution < 1.29 is 25.0 Å². The van der Waals surface area contributed by atoms with Gasteiger partial charge in [0.05, 0.1) is 55.9 Å². The van der Waals surface area contributed by atoms with Crippen LogP contribution in [0.4, 0.5) is 0 Å². The quantitative estimate of drug-likeness (QED) is 0.636. The molecule has 5 heteroatoms. The fourth-order valence-corrected chi connectivity index (χ4v) is 0.300. The van der Waals surface area contributed by atoms with Crippen molar-refractivity contribution in [2.45, 2.75) is 0 Å². The highest BCUT2D eigenvalue weighted by atomic mass is 16.3. The van der Waals surface area contributed by atoms with Crippen LogP contribution in [0.3, 0.4) is 0 Å². The van der Waals surface area contributed by atoms with Gasteiger partial charge in [-0.1, -0.05) is 0 Å². The maximum Gasteiger partial charge on any atom is 0.101 e. The largest absolute Gasteiger partial charge is 0.870 e. The minimum Gasteiger partial charge on any atom is -0.870 e. The van der Waals surface area contributed by atoms with E-state index in [0.29, 0.717) is 0 Å². The summed E-state index contributed by atoms with van der Waals surface area (Å²) in [7, 11) is 14.7. The minimum absolute atomic E-state index is 0. The Morgan fingerprint density at radius 1 is 0.786 bits per heavy atom. The molecular weight excluding hydrogens is 184 g/mol. The van der Waals surface area contributed by atoms with Crippen molar-refractivity contribution in [1.29, 1.82) is 0 Å². The van der Waals surface area contributed by atoms with Crippen molar-refractivity contribution in [3.63, 3.8) is 0 Å². The van der Waals surface area contributed by atoms with Crippen LogP contribution in [0.5, 0.6) is 0 Å². The topological polar surface area (TPSA) is 80.2 Å². The van der Waals surface area contributed by atoms with Gasteiger partial charge >= 0.3 is 0 Å². The predicted octanol–water partition coefficient (Wildman–Crippen LogP) is -0.346. The zero-order valence-electron chi connectivity index (χ0n) is 10.7.